The maximum Gasteiger partial charge on any atom is 0.243 e. The molecule has 0 unspecified atom stereocenters. The Hall–Kier alpha value is -0.910. The summed E-state index contributed by atoms with van der Waals surface area (Å²) >= 11 is 12.7. The second-order valence-electron chi connectivity index (χ2n) is 5.93. The molecule has 1 amide bonds. The summed E-state index contributed by atoms with van der Waals surface area (Å²) in [7, 11) is -3.67. The number of halogens is 1. The molecule has 0 saturated carbocycles. The van der Waals surface area contributed by atoms with Gasteiger partial charge in [-0.2, -0.15) is 4.31 Å². The molecule has 11 heteroatoms. The maximum atomic E-state index is 12.8. The van der Waals surface area contributed by atoms with Gasteiger partial charge in [0.1, 0.15) is 4.32 Å². The number of benzene rings is 1. The fourth-order valence-corrected chi connectivity index (χ4v) is 5.39. The lowest BCUT2D eigenvalue weighted by Crippen LogP contribution is -2.40. The molecule has 7 nitrogen and oxygen atoms in total. The van der Waals surface area contributed by atoms with Gasteiger partial charge in [-0.05, 0) is 32.0 Å². The standard InChI is InChI=1S/C17H24ClN3O4S3/c1-3-20(4-2)17(26)27-12-16(22)19-15-11-13(5-6-14(15)18)28(23,24)21-7-9-25-10-8-21/h5-6,11H,3-4,7-10,12H2,1-2H3,(H,19,22). The zero-order chi connectivity index (χ0) is 20.7. The molecule has 0 aromatic heterocycles. The fraction of sp³-hybridized carbons (Fsp3) is 0.529. The van der Waals surface area contributed by atoms with Crippen LogP contribution in [0.15, 0.2) is 23.1 Å². The number of nitrogens with zero attached hydrogens (tertiary/aromatic N) is 2. The third-order valence-corrected chi connectivity index (χ3v) is 7.92. The summed E-state index contributed by atoms with van der Waals surface area (Å²) in [4.78, 5) is 14.4. The molecule has 0 bridgehead atoms. The summed E-state index contributed by atoms with van der Waals surface area (Å²) < 4.78 is 32.8. The van der Waals surface area contributed by atoms with Crippen LogP contribution in [-0.2, 0) is 19.6 Å². The Labute approximate surface area is 180 Å². The predicted molar refractivity (Wildman–Crippen MR) is 118 cm³/mol. The number of nitrogens with one attached hydrogen (secondary N) is 1. The predicted octanol–water partition coefficient (Wildman–Crippen LogP) is 2.66. The average Bonchev–Trinajstić information content (AvgIpc) is 2.69. The van der Waals surface area contributed by atoms with Gasteiger partial charge in [-0.15, -0.1) is 0 Å². The molecule has 2 rings (SSSR count). The summed E-state index contributed by atoms with van der Waals surface area (Å²) in [6.07, 6.45) is 0. The molecule has 1 aliphatic heterocycles. The number of anilines is 1. The Morgan fingerprint density at radius 2 is 1.96 bits per heavy atom. The van der Waals surface area contributed by atoms with Crippen molar-refractivity contribution in [2.24, 2.45) is 0 Å². The van der Waals surface area contributed by atoms with Crippen molar-refractivity contribution < 1.29 is 17.9 Å². The number of thioether (sulfide) groups is 1. The number of carbonyl (C=O) groups is 1. The summed E-state index contributed by atoms with van der Waals surface area (Å²) in [6, 6.07) is 4.30. The van der Waals surface area contributed by atoms with Crippen LogP contribution < -0.4 is 5.32 Å². The highest BCUT2D eigenvalue weighted by Gasteiger charge is 2.27. The second-order valence-corrected chi connectivity index (χ2v) is 9.89. The van der Waals surface area contributed by atoms with E-state index in [0.717, 1.165) is 13.1 Å². The van der Waals surface area contributed by atoms with Gasteiger partial charge in [-0.1, -0.05) is 35.6 Å². The van der Waals surface area contributed by atoms with Gasteiger partial charge in [0.25, 0.3) is 0 Å². The number of morpholine rings is 1. The van der Waals surface area contributed by atoms with Crippen LogP contribution in [0.4, 0.5) is 5.69 Å². The molecule has 0 radical (unpaired) electrons. The lowest BCUT2D eigenvalue weighted by molar-refractivity contribution is -0.113. The van der Waals surface area contributed by atoms with Crippen LogP contribution >= 0.6 is 35.6 Å². The molecule has 156 valence electrons. The van der Waals surface area contributed by atoms with E-state index in [0.29, 0.717) is 30.6 Å². The largest absolute Gasteiger partial charge is 0.379 e. The summed E-state index contributed by atoms with van der Waals surface area (Å²) in [5.74, 6) is -0.186. The number of thiocarbonyl (C=S) groups is 1. The monoisotopic (exact) mass is 465 g/mol. The molecule has 1 fully saturated rings. The zero-order valence-corrected chi connectivity index (χ0v) is 19.0. The lowest BCUT2D eigenvalue weighted by atomic mass is 10.3. The van der Waals surface area contributed by atoms with E-state index in [4.69, 9.17) is 28.6 Å². The van der Waals surface area contributed by atoms with Crippen LogP contribution in [0.1, 0.15) is 13.8 Å². The Morgan fingerprint density at radius 3 is 2.57 bits per heavy atom. The van der Waals surface area contributed by atoms with E-state index in [1.54, 1.807) is 0 Å². The molecule has 1 aromatic rings. The highest BCUT2D eigenvalue weighted by molar-refractivity contribution is 8.23. The van der Waals surface area contributed by atoms with Crippen LogP contribution in [0.5, 0.6) is 0 Å². The van der Waals surface area contributed by atoms with Gasteiger partial charge in [0, 0.05) is 26.2 Å². The first-order chi connectivity index (χ1) is 13.3. The first-order valence-corrected chi connectivity index (χ1v) is 12.1. The molecule has 0 atom stereocenters. The number of rotatable bonds is 7. The van der Waals surface area contributed by atoms with Gasteiger partial charge in [0.2, 0.25) is 15.9 Å². The van der Waals surface area contributed by atoms with Crippen molar-refractivity contribution in [3.8, 4) is 0 Å². The van der Waals surface area contributed by atoms with E-state index in [1.807, 2.05) is 18.7 Å². The molecule has 1 heterocycles. The minimum absolute atomic E-state index is 0.0837. The fourth-order valence-electron chi connectivity index (χ4n) is 2.58. The smallest absolute Gasteiger partial charge is 0.243 e. The van der Waals surface area contributed by atoms with Crippen LogP contribution in [0.3, 0.4) is 0 Å². The molecule has 1 N–H and O–H groups in total. The van der Waals surface area contributed by atoms with Crippen molar-refractivity contribution in [2.45, 2.75) is 18.7 Å². The topological polar surface area (TPSA) is 79.0 Å². The second kappa shape index (κ2) is 10.7. The van der Waals surface area contributed by atoms with E-state index in [9.17, 15) is 13.2 Å². The van der Waals surface area contributed by atoms with Gasteiger partial charge < -0.3 is 15.0 Å². The Kier molecular flexibility index (Phi) is 8.97. The van der Waals surface area contributed by atoms with Crippen LogP contribution in [0.2, 0.25) is 5.02 Å². The van der Waals surface area contributed by atoms with Crippen molar-refractivity contribution in [3.05, 3.63) is 23.2 Å². The first-order valence-electron chi connectivity index (χ1n) is 8.88. The zero-order valence-electron chi connectivity index (χ0n) is 15.8. The van der Waals surface area contributed by atoms with Crippen molar-refractivity contribution in [1.29, 1.82) is 0 Å². The third kappa shape index (κ3) is 6.04. The molecule has 28 heavy (non-hydrogen) atoms. The number of hydrogen-bond acceptors (Lipinski definition) is 6. The van der Waals surface area contributed by atoms with Crippen LogP contribution in [0.25, 0.3) is 0 Å². The number of carbonyl (C=O) groups excluding carboxylic acids is 1. The average molecular weight is 466 g/mol. The summed E-state index contributed by atoms with van der Waals surface area (Å²) in [6.45, 7) is 6.86. The van der Waals surface area contributed by atoms with E-state index in [2.05, 4.69) is 5.32 Å². The third-order valence-electron chi connectivity index (χ3n) is 4.17. The molecular weight excluding hydrogens is 442 g/mol. The van der Waals surface area contributed by atoms with Gasteiger partial charge in [0.15, 0.2) is 0 Å². The van der Waals surface area contributed by atoms with Gasteiger partial charge >= 0.3 is 0 Å². The molecular formula is C17H24ClN3O4S3. The minimum Gasteiger partial charge on any atom is -0.379 e. The van der Waals surface area contributed by atoms with Crippen molar-refractivity contribution in [2.75, 3.05) is 50.5 Å². The normalized spacial score (nSPS) is 15.2. The van der Waals surface area contributed by atoms with E-state index >= 15 is 0 Å². The number of hydrogen-bond donors (Lipinski definition) is 1. The summed E-state index contributed by atoms with van der Waals surface area (Å²) in [5.41, 5.74) is 0.260. The van der Waals surface area contributed by atoms with E-state index in [1.165, 1.54) is 34.3 Å². The number of amides is 1. The quantitative estimate of drug-likeness (QED) is 0.620. The van der Waals surface area contributed by atoms with Crippen LogP contribution in [-0.4, -0.2) is 73.0 Å². The Balaban J connectivity index is 2.06. The molecule has 1 aromatic carbocycles. The summed E-state index contributed by atoms with van der Waals surface area (Å²) in [5, 5.41) is 2.95. The number of ether oxygens (including phenoxy) is 1. The maximum absolute atomic E-state index is 12.8. The molecule has 0 spiro atoms. The molecule has 1 saturated heterocycles. The molecule has 1 aliphatic rings. The van der Waals surface area contributed by atoms with Crippen molar-refractivity contribution in [1.82, 2.24) is 9.21 Å². The van der Waals surface area contributed by atoms with Gasteiger partial charge in [-0.3, -0.25) is 4.79 Å². The lowest BCUT2D eigenvalue weighted by Gasteiger charge is -2.26. The molecule has 0 aliphatic carbocycles. The van der Waals surface area contributed by atoms with Crippen molar-refractivity contribution >= 4 is 61.5 Å². The highest BCUT2D eigenvalue weighted by Crippen LogP contribution is 2.27. The first kappa shape index (κ1) is 23.4. The Morgan fingerprint density at radius 1 is 1.32 bits per heavy atom. The van der Waals surface area contributed by atoms with Gasteiger partial charge in [0.05, 0.1) is 34.6 Å². The highest BCUT2D eigenvalue weighted by atomic mass is 35.5. The SMILES string of the molecule is CCN(CC)C(=S)SCC(=O)Nc1cc(S(=O)(=O)N2CCOCC2)ccc1Cl. The minimum atomic E-state index is -3.67. The van der Waals surface area contributed by atoms with E-state index < -0.39 is 10.0 Å². The van der Waals surface area contributed by atoms with Crippen LogP contribution in [0, 0.1) is 0 Å². The Bertz CT molecular complexity index is 810. The van der Waals surface area contributed by atoms with Crippen molar-refractivity contribution in [3.63, 3.8) is 0 Å². The number of sulfonamides is 1. The van der Waals surface area contributed by atoms with Gasteiger partial charge in [-0.25, -0.2) is 8.42 Å². The van der Waals surface area contributed by atoms with E-state index in [-0.39, 0.29) is 27.3 Å².